The van der Waals surface area contributed by atoms with E-state index in [-0.39, 0.29) is 5.60 Å². The first-order chi connectivity index (χ1) is 5.45. The molecule has 0 radical (unpaired) electrons. The lowest BCUT2D eigenvalue weighted by Gasteiger charge is -2.20. The summed E-state index contributed by atoms with van der Waals surface area (Å²) in [6, 6.07) is 0. The second-order valence-electron chi connectivity index (χ2n) is 3.57. The van der Waals surface area contributed by atoms with Crippen molar-refractivity contribution in [1.29, 1.82) is 0 Å². The van der Waals surface area contributed by atoms with Crippen LogP contribution in [0.15, 0.2) is 4.99 Å². The molecule has 0 amide bonds. The molecule has 70 valence electrons. The van der Waals surface area contributed by atoms with Crippen LogP contribution >= 0.6 is 0 Å². The molecule has 3 nitrogen and oxygen atoms in total. The second kappa shape index (κ2) is 4.91. The van der Waals surface area contributed by atoms with Gasteiger partial charge in [-0.3, -0.25) is 4.99 Å². The Kier molecular flexibility index (Phi) is 4.55. The van der Waals surface area contributed by atoms with Crippen molar-refractivity contribution < 1.29 is 9.53 Å². The number of rotatable bonds is 3. The van der Waals surface area contributed by atoms with E-state index >= 15 is 0 Å². The smallest absolute Gasteiger partial charge is 0.180 e. The molecule has 0 spiro atoms. The van der Waals surface area contributed by atoms with Gasteiger partial charge in [-0.05, 0) is 20.8 Å². The Labute approximate surface area is 73.8 Å². The van der Waals surface area contributed by atoms with Crippen molar-refractivity contribution in [2.24, 2.45) is 4.99 Å². The molecule has 0 aromatic carbocycles. The van der Waals surface area contributed by atoms with Gasteiger partial charge in [0.2, 0.25) is 0 Å². The van der Waals surface area contributed by atoms with Crippen LogP contribution in [0, 0.1) is 0 Å². The molecule has 0 fully saturated rings. The number of aliphatic imine (C=N–C) groups is 1. The summed E-state index contributed by atoms with van der Waals surface area (Å²) in [6.45, 7) is 8.21. The fourth-order valence-corrected chi connectivity index (χ4v) is 0.750. The maximum Gasteiger partial charge on any atom is 0.180 e. The van der Waals surface area contributed by atoms with E-state index in [1.807, 2.05) is 20.8 Å². The maximum absolute atomic E-state index is 9.96. The summed E-state index contributed by atoms with van der Waals surface area (Å²) in [7, 11) is 0. The van der Waals surface area contributed by atoms with Gasteiger partial charge >= 0.3 is 0 Å². The molecule has 0 aromatic heterocycles. The van der Waals surface area contributed by atoms with Crippen LogP contribution in [0.5, 0.6) is 0 Å². The lowest BCUT2D eigenvalue weighted by atomic mass is 10.2. The molecule has 0 atom stereocenters. The molecule has 12 heavy (non-hydrogen) atoms. The van der Waals surface area contributed by atoms with E-state index < -0.39 is 0 Å². The van der Waals surface area contributed by atoms with Crippen molar-refractivity contribution in [3.8, 4) is 0 Å². The van der Waals surface area contributed by atoms with E-state index in [1.165, 1.54) is 0 Å². The highest BCUT2D eigenvalue weighted by Gasteiger charge is 2.11. The van der Waals surface area contributed by atoms with E-state index in [4.69, 9.17) is 4.74 Å². The Morgan fingerprint density at radius 2 is 2.08 bits per heavy atom. The molecule has 0 aliphatic heterocycles. The van der Waals surface area contributed by atoms with Crippen molar-refractivity contribution in [3.05, 3.63) is 0 Å². The number of nitrogens with zero attached hydrogens (tertiary/aromatic N) is 1. The van der Waals surface area contributed by atoms with E-state index in [0.29, 0.717) is 18.9 Å². The van der Waals surface area contributed by atoms with Crippen LogP contribution in [0.2, 0.25) is 0 Å². The second-order valence-corrected chi connectivity index (χ2v) is 3.57. The number of carbonyl (C=O) groups is 1. The summed E-state index contributed by atoms with van der Waals surface area (Å²) in [5, 5.41) is 0. The van der Waals surface area contributed by atoms with Crippen molar-refractivity contribution in [2.75, 3.05) is 6.54 Å². The van der Waals surface area contributed by atoms with Crippen LogP contribution < -0.4 is 0 Å². The highest BCUT2D eigenvalue weighted by atomic mass is 16.5. The Morgan fingerprint density at radius 1 is 1.50 bits per heavy atom. The van der Waals surface area contributed by atoms with Crippen LogP contribution in [-0.2, 0) is 9.53 Å². The quantitative estimate of drug-likeness (QED) is 0.281. The van der Waals surface area contributed by atoms with Crippen LogP contribution in [0.1, 0.15) is 34.1 Å². The third-order valence-electron chi connectivity index (χ3n) is 1.04. The minimum atomic E-state index is -0.200. The molecule has 3 heteroatoms. The summed E-state index contributed by atoms with van der Waals surface area (Å²) in [5.41, 5.74) is -0.200. The van der Waals surface area contributed by atoms with Crippen molar-refractivity contribution in [1.82, 2.24) is 0 Å². The van der Waals surface area contributed by atoms with E-state index in [2.05, 4.69) is 4.99 Å². The van der Waals surface area contributed by atoms with Crippen molar-refractivity contribution >= 4 is 12.2 Å². The predicted octanol–water partition coefficient (Wildman–Crippen LogP) is 1.81. The van der Waals surface area contributed by atoms with E-state index in [0.717, 1.165) is 6.29 Å². The molecular formula is C9H17NO2. The predicted molar refractivity (Wildman–Crippen MR) is 49.5 cm³/mol. The van der Waals surface area contributed by atoms with Crippen LogP contribution in [0.3, 0.4) is 0 Å². The monoisotopic (exact) mass is 171 g/mol. The zero-order valence-electron chi connectivity index (χ0n) is 8.26. The summed E-state index contributed by atoms with van der Waals surface area (Å²) >= 11 is 0. The zero-order chi connectivity index (χ0) is 9.61. The van der Waals surface area contributed by atoms with Gasteiger partial charge in [-0.25, -0.2) is 0 Å². The van der Waals surface area contributed by atoms with Crippen LogP contribution in [0.25, 0.3) is 0 Å². The molecule has 0 heterocycles. The minimum absolute atomic E-state index is 0.200. The number of hydrogen-bond acceptors (Lipinski definition) is 3. The Hall–Kier alpha value is -0.860. The average Bonchev–Trinajstić information content (AvgIpc) is 1.84. The van der Waals surface area contributed by atoms with Gasteiger partial charge in [0.15, 0.2) is 5.90 Å². The standard InChI is InChI=1S/C9H17NO2/c1-8(10-6-5-7-11)12-9(2,3)4/h7H,5-6H2,1-4H3. The molecule has 0 aliphatic carbocycles. The lowest BCUT2D eigenvalue weighted by molar-refractivity contribution is -0.107. The summed E-state index contributed by atoms with van der Waals surface area (Å²) in [5.74, 6) is 0.643. The van der Waals surface area contributed by atoms with Crippen molar-refractivity contribution in [3.63, 3.8) is 0 Å². The molecular weight excluding hydrogens is 154 g/mol. The minimum Gasteiger partial charge on any atom is -0.476 e. The normalized spacial score (nSPS) is 12.8. The van der Waals surface area contributed by atoms with Gasteiger partial charge in [0.1, 0.15) is 11.9 Å². The molecule has 0 saturated heterocycles. The first-order valence-electron chi connectivity index (χ1n) is 4.09. The largest absolute Gasteiger partial charge is 0.476 e. The number of hydrogen-bond donors (Lipinski definition) is 0. The molecule has 0 unspecified atom stereocenters. The van der Waals surface area contributed by atoms with Gasteiger partial charge in [0.05, 0.1) is 0 Å². The average molecular weight is 171 g/mol. The summed E-state index contributed by atoms with van der Waals surface area (Å²) in [4.78, 5) is 14.0. The fraction of sp³-hybridized carbons (Fsp3) is 0.778. The van der Waals surface area contributed by atoms with Gasteiger partial charge in [-0.2, -0.15) is 0 Å². The van der Waals surface area contributed by atoms with Gasteiger partial charge in [0.25, 0.3) is 0 Å². The van der Waals surface area contributed by atoms with Gasteiger partial charge in [-0.1, -0.05) is 0 Å². The van der Waals surface area contributed by atoms with E-state index in [1.54, 1.807) is 6.92 Å². The first-order valence-corrected chi connectivity index (χ1v) is 4.09. The third-order valence-corrected chi connectivity index (χ3v) is 1.04. The Bertz CT molecular complexity index is 168. The Morgan fingerprint density at radius 3 is 2.50 bits per heavy atom. The first kappa shape index (κ1) is 11.1. The third kappa shape index (κ3) is 7.25. The Balaban J connectivity index is 3.77. The number of ether oxygens (including phenoxy) is 1. The van der Waals surface area contributed by atoms with Crippen LogP contribution in [0.4, 0.5) is 0 Å². The number of aldehydes is 1. The highest BCUT2D eigenvalue weighted by Crippen LogP contribution is 2.07. The van der Waals surface area contributed by atoms with Crippen molar-refractivity contribution in [2.45, 2.75) is 39.7 Å². The zero-order valence-corrected chi connectivity index (χ0v) is 8.26. The van der Waals surface area contributed by atoms with Gasteiger partial charge < -0.3 is 9.53 Å². The summed E-state index contributed by atoms with van der Waals surface area (Å²) in [6.07, 6.45) is 1.32. The maximum atomic E-state index is 9.96. The van der Waals surface area contributed by atoms with E-state index in [9.17, 15) is 4.79 Å². The highest BCUT2D eigenvalue weighted by molar-refractivity contribution is 5.73. The molecule has 0 rings (SSSR count). The molecule has 0 aromatic rings. The lowest BCUT2D eigenvalue weighted by Crippen LogP contribution is -2.22. The summed E-state index contributed by atoms with van der Waals surface area (Å²) < 4.78 is 5.42. The van der Waals surface area contributed by atoms with Gasteiger partial charge in [-0.15, -0.1) is 0 Å². The number of carbonyl (C=O) groups excluding carboxylic acids is 1. The molecule has 0 aliphatic rings. The molecule has 0 bridgehead atoms. The molecule has 0 N–H and O–H groups in total. The SMILES string of the molecule is CC(=NCCC=O)OC(C)(C)C. The fourth-order valence-electron chi connectivity index (χ4n) is 0.750. The van der Waals surface area contributed by atoms with Crippen LogP contribution in [-0.4, -0.2) is 24.3 Å². The van der Waals surface area contributed by atoms with Gasteiger partial charge in [0, 0.05) is 19.9 Å². The topological polar surface area (TPSA) is 38.7 Å². The molecule has 0 saturated carbocycles.